The number of aliphatic hydroxyl groups is 1. The summed E-state index contributed by atoms with van der Waals surface area (Å²) in [5, 5.41) is 21.5. The minimum atomic E-state index is -0.863. The second-order valence-corrected chi connectivity index (χ2v) is 7.67. The Kier molecular flexibility index (Phi) is 5.39. The molecule has 6 nitrogen and oxygen atoms in total. The van der Waals surface area contributed by atoms with Gasteiger partial charge in [-0.15, -0.1) is 6.58 Å². The molecule has 1 saturated heterocycles. The van der Waals surface area contributed by atoms with Gasteiger partial charge in [0, 0.05) is 25.2 Å². The zero-order chi connectivity index (χ0) is 20.4. The molecule has 154 valence electrons. The van der Waals surface area contributed by atoms with Crippen LogP contribution in [0.4, 0.5) is 0 Å². The summed E-state index contributed by atoms with van der Waals surface area (Å²) in [7, 11) is 1.56. The highest BCUT2D eigenvalue weighted by atomic mass is 16.7. The average Bonchev–Trinajstić information content (AvgIpc) is 3.20. The topological polar surface area (TPSA) is 71.4 Å². The highest BCUT2D eigenvalue weighted by molar-refractivity contribution is 5.49. The van der Waals surface area contributed by atoms with Crippen molar-refractivity contribution in [1.29, 1.82) is 0 Å². The van der Waals surface area contributed by atoms with Crippen LogP contribution in [0.2, 0.25) is 0 Å². The molecule has 0 aliphatic carbocycles. The Morgan fingerprint density at radius 2 is 1.93 bits per heavy atom. The van der Waals surface area contributed by atoms with E-state index in [-0.39, 0.29) is 12.5 Å². The summed E-state index contributed by atoms with van der Waals surface area (Å²) in [4.78, 5) is 2.31. The number of piperidine rings is 1. The quantitative estimate of drug-likeness (QED) is 0.729. The summed E-state index contributed by atoms with van der Waals surface area (Å²) in [5.74, 6) is 2.08. The van der Waals surface area contributed by atoms with Crippen molar-refractivity contribution >= 4 is 0 Å². The molecular weight excluding hydrogens is 370 g/mol. The van der Waals surface area contributed by atoms with Crippen molar-refractivity contribution in [2.24, 2.45) is 0 Å². The maximum Gasteiger partial charge on any atom is 0.231 e. The van der Waals surface area contributed by atoms with Gasteiger partial charge < -0.3 is 24.4 Å². The lowest BCUT2D eigenvalue weighted by atomic mass is 9.84. The van der Waals surface area contributed by atoms with Crippen LogP contribution < -0.4 is 14.2 Å². The smallest absolute Gasteiger partial charge is 0.231 e. The summed E-state index contributed by atoms with van der Waals surface area (Å²) >= 11 is 0. The summed E-state index contributed by atoms with van der Waals surface area (Å²) in [5.41, 5.74) is 1.90. The first kappa shape index (κ1) is 19.6. The lowest BCUT2D eigenvalue weighted by molar-refractivity contribution is -0.0278. The molecule has 1 fully saturated rings. The van der Waals surface area contributed by atoms with Crippen LogP contribution in [-0.2, 0) is 18.6 Å². The number of methoxy groups -OCH3 is 1. The van der Waals surface area contributed by atoms with Crippen LogP contribution in [0.1, 0.15) is 29.5 Å². The third-order valence-corrected chi connectivity index (χ3v) is 5.80. The number of rotatable bonds is 6. The van der Waals surface area contributed by atoms with Gasteiger partial charge in [0.25, 0.3) is 0 Å². The van der Waals surface area contributed by atoms with Gasteiger partial charge in [0.15, 0.2) is 23.0 Å². The molecule has 29 heavy (non-hydrogen) atoms. The van der Waals surface area contributed by atoms with Crippen LogP contribution in [0.15, 0.2) is 43.0 Å². The number of fused-ring (bicyclic) bond motifs is 1. The van der Waals surface area contributed by atoms with Gasteiger partial charge in [0.05, 0.1) is 12.7 Å². The van der Waals surface area contributed by atoms with Crippen molar-refractivity contribution in [1.82, 2.24) is 4.90 Å². The fraction of sp³-hybridized carbons (Fsp3) is 0.391. The zero-order valence-electron chi connectivity index (χ0n) is 16.7. The van der Waals surface area contributed by atoms with Crippen LogP contribution in [0.5, 0.6) is 23.0 Å². The average molecular weight is 397 g/mol. The van der Waals surface area contributed by atoms with E-state index in [9.17, 15) is 10.2 Å². The van der Waals surface area contributed by atoms with Gasteiger partial charge in [-0.05, 0) is 48.6 Å². The van der Waals surface area contributed by atoms with Gasteiger partial charge in [-0.3, -0.25) is 4.90 Å². The number of phenolic OH excluding ortho intramolecular Hbond substituents is 1. The third-order valence-electron chi connectivity index (χ3n) is 5.80. The Morgan fingerprint density at radius 1 is 1.17 bits per heavy atom. The third kappa shape index (κ3) is 3.91. The lowest BCUT2D eigenvalue weighted by Gasteiger charge is -2.38. The number of benzene rings is 2. The molecule has 0 bridgehead atoms. The summed E-state index contributed by atoms with van der Waals surface area (Å²) < 4.78 is 16.1. The van der Waals surface area contributed by atoms with Gasteiger partial charge in [0.1, 0.15) is 0 Å². The van der Waals surface area contributed by atoms with Gasteiger partial charge in [-0.1, -0.05) is 18.2 Å². The molecule has 0 saturated carbocycles. The molecule has 2 aliphatic heterocycles. The minimum Gasteiger partial charge on any atom is -0.504 e. The highest BCUT2D eigenvalue weighted by Crippen LogP contribution is 2.40. The Hall–Kier alpha value is -2.70. The zero-order valence-corrected chi connectivity index (χ0v) is 16.7. The summed E-state index contributed by atoms with van der Waals surface area (Å²) in [6.07, 6.45) is 3.63. The van der Waals surface area contributed by atoms with Crippen LogP contribution in [0, 0.1) is 0 Å². The summed E-state index contributed by atoms with van der Waals surface area (Å²) in [6.45, 7) is 6.26. The van der Waals surface area contributed by atoms with Gasteiger partial charge >= 0.3 is 0 Å². The fourth-order valence-electron chi connectivity index (χ4n) is 4.10. The minimum absolute atomic E-state index is 0.173. The molecule has 2 aromatic carbocycles. The Balaban J connectivity index is 1.45. The Morgan fingerprint density at radius 3 is 2.66 bits per heavy atom. The van der Waals surface area contributed by atoms with Crippen molar-refractivity contribution in [3.05, 3.63) is 59.7 Å². The number of phenols is 1. The van der Waals surface area contributed by atoms with E-state index in [4.69, 9.17) is 14.2 Å². The molecule has 2 N–H and O–H groups in total. The number of ether oxygens (including phenoxy) is 3. The number of hydrogen-bond donors (Lipinski definition) is 2. The van der Waals surface area contributed by atoms with Crippen molar-refractivity contribution in [2.45, 2.75) is 31.4 Å². The molecule has 4 rings (SSSR count). The van der Waals surface area contributed by atoms with Crippen LogP contribution in [-0.4, -0.2) is 42.1 Å². The van der Waals surface area contributed by atoms with E-state index >= 15 is 0 Å². The molecule has 0 spiro atoms. The molecule has 2 heterocycles. The van der Waals surface area contributed by atoms with E-state index in [1.165, 1.54) is 0 Å². The highest BCUT2D eigenvalue weighted by Gasteiger charge is 2.35. The normalized spacial score (nSPS) is 17.9. The van der Waals surface area contributed by atoms with Crippen LogP contribution >= 0.6 is 0 Å². The van der Waals surface area contributed by atoms with Crippen LogP contribution in [0.3, 0.4) is 0 Å². The van der Waals surface area contributed by atoms with Gasteiger partial charge in [0.2, 0.25) is 6.79 Å². The van der Waals surface area contributed by atoms with E-state index in [2.05, 4.69) is 11.5 Å². The van der Waals surface area contributed by atoms with E-state index in [1.54, 1.807) is 13.2 Å². The number of nitrogens with zero attached hydrogens (tertiary/aromatic N) is 1. The van der Waals surface area contributed by atoms with Crippen LogP contribution in [0.25, 0.3) is 0 Å². The van der Waals surface area contributed by atoms with E-state index in [0.29, 0.717) is 30.8 Å². The van der Waals surface area contributed by atoms with Crippen molar-refractivity contribution in [2.75, 3.05) is 27.0 Å². The molecule has 2 aromatic rings. The van der Waals surface area contributed by atoms with Crippen molar-refractivity contribution < 1.29 is 24.4 Å². The molecular formula is C23H27NO5. The SMILES string of the molecule is C=CCc1cc(CN2CCC(O)(c3ccc4c(c3)OCO4)CC2)cc(OC)c1O. The molecule has 0 radical (unpaired) electrons. The second-order valence-electron chi connectivity index (χ2n) is 7.67. The van der Waals surface area contributed by atoms with Gasteiger partial charge in [-0.25, -0.2) is 0 Å². The lowest BCUT2D eigenvalue weighted by Crippen LogP contribution is -2.42. The number of allylic oxidation sites excluding steroid dienone is 1. The molecule has 0 unspecified atom stereocenters. The first-order valence-electron chi connectivity index (χ1n) is 9.87. The largest absolute Gasteiger partial charge is 0.504 e. The van der Waals surface area contributed by atoms with E-state index in [0.717, 1.165) is 42.1 Å². The maximum absolute atomic E-state index is 11.2. The maximum atomic E-state index is 11.2. The number of aromatic hydroxyl groups is 1. The molecule has 0 amide bonds. The molecule has 6 heteroatoms. The standard InChI is InChI=1S/C23H27NO5/c1-3-4-17-11-16(12-21(27-2)22(17)25)14-24-9-7-23(26,8-10-24)18-5-6-19-20(13-18)29-15-28-19/h3,5-6,11-13,25-26H,1,4,7-10,14-15H2,2H3. The van der Waals surface area contributed by atoms with Crippen molar-refractivity contribution in [3.63, 3.8) is 0 Å². The first-order chi connectivity index (χ1) is 14.0. The molecule has 0 aromatic heterocycles. The second kappa shape index (κ2) is 7.97. The number of likely N-dealkylation sites (tertiary alicyclic amines) is 1. The van der Waals surface area contributed by atoms with Gasteiger partial charge in [-0.2, -0.15) is 0 Å². The summed E-state index contributed by atoms with van der Waals surface area (Å²) in [6, 6.07) is 9.56. The Labute approximate surface area is 170 Å². The molecule has 0 atom stereocenters. The monoisotopic (exact) mass is 397 g/mol. The predicted octanol–water partition coefficient (Wildman–Crippen LogP) is 3.34. The van der Waals surface area contributed by atoms with Crippen molar-refractivity contribution in [3.8, 4) is 23.0 Å². The Bertz CT molecular complexity index is 902. The molecule has 2 aliphatic rings. The predicted molar refractivity (Wildman–Crippen MR) is 110 cm³/mol. The van der Waals surface area contributed by atoms with E-state index in [1.807, 2.05) is 30.3 Å². The fourth-order valence-corrected chi connectivity index (χ4v) is 4.10. The number of hydrogen-bond acceptors (Lipinski definition) is 6. The first-order valence-corrected chi connectivity index (χ1v) is 9.87. The van der Waals surface area contributed by atoms with E-state index < -0.39 is 5.60 Å².